The van der Waals surface area contributed by atoms with Crippen molar-refractivity contribution < 1.29 is 22.7 Å². The fourth-order valence-corrected chi connectivity index (χ4v) is 6.81. The number of carbonyl (C=O) groups excluding carboxylic acids is 2. The Balaban J connectivity index is 1.85. The molecule has 2 atom stereocenters. The van der Waals surface area contributed by atoms with Crippen LogP contribution in [-0.2, 0) is 32.6 Å². The van der Waals surface area contributed by atoms with E-state index in [0.29, 0.717) is 27.8 Å². The van der Waals surface area contributed by atoms with Gasteiger partial charge in [-0.15, -0.1) is 0 Å². The van der Waals surface area contributed by atoms with Crippen molar-refractivity contribution in [1.82, 2.24) is 10.2 Å². The number of rotatable bonds is 14. The lowest BCUT2D eigenvalue weighted by molar-refractivity contribution is -0.140. The van der Waals surface area contributed by atoms with Crippen LogP contribution < -0.4 is 14.4 Å². The summed E-state index contributed by atoms with van der Waals surface area (Å²) >= 11 is 13.1. The third-order valence-electron chi connectivity index (χ3n) is 7.61. The van der Waals surface area contributed by atoms with Crippen LogP contribution >= 0.6 is 23.2 Å². The number of amides is 2. The second-order valence-corrected chi connectivity index (χ2v) is 13.4. The van der Waals surface area contributed by atoms with E-state index < -0.39 is 28.5 Å². The fourth-order valence-electron chi connectivity index (χ4n) is 4.86. The highest BCUT2D eigenvalue weighted by Crippen LogP contribution is 2.30. The second kappa shape index (κ2) is 16.0. The standard InChI is InChI=1S/C35H37Cl2N3O5S/c1-4-25(2)38-35(42)33(21-26-13-7-5-8-14-26)39(23-30-31(36)19-12-20-32(30)37)34(41)24-40(27-15-11-16-28(22-27)45-3)46(43,44)29-17-9-6-10-18-29/h5-20,22,25,33H,4,21,23-24H2,1-3H3,(H,38,42)/t25-,33-/m0/s1. The van der Waals surface area contributed by atoms with Gasteiger partial charge in [0.15, 0.2) is 0 Å². The maximum Gasteiger partial charge on any atom is 0.264 e. The van der Waals surface area contributed by atoms with Gasteiger partial charge in [0.1, 0.15) is 18.3 Å². The highest BCUT2D eigenvalue weighted by molar-refractivity contribution is 7.92. The van der Waals surface area contributed by atoms with Crippen molar-refractivity contribution in [1.29, 1.82) is 0 Å². The Kier molecular flexibility index (Phi) is 12.1. The van der Waals surface area contributed by atoms with Gasteiger partial charge in [-0.05, 0) is 55.3 Å². The quantitative estimate of drug-likeness (QED) is 0.159. The number of nitrogens with one attached hydrogen (secondary N) is 1. The van der Waals surface area contributed by atoms with Crippen LogP contribution in [-0.4, -0.2) is 50.9 Å². The highest BCUT2D eigenvalue weighted by Gasteiger charge is 2.35. The van der Waals surface area contributed by atoms with Gasteiger partial charge in [-0.3, -0.25) is 13.9 Å². The van der Waals surface area contributed by atoms with E-state index in [0.717, 1.165) is 9.87 Å². The van der Waals surface area contributed by atoms with Crippen LogP contribution in [0.15, 0.2) is 108 Å². The zero-order chi connectivity index (χ0) is 33.3. The molecular weight excluding hydrogens is 645 g/mol. The zero-order valence-electron chi connectivity index (χ0n) is 25.9. The van der Waals surface area contributed by atoms with E-state index >= 15 is 0 Å². The van der Waals surface area contributed by atoms with E-state index in [9.17, 15) is 18.0 Å². The maximum atomic E-state index is 14.6. The van der Waals surface area contributed by atoms with Gasteiger partial charge in [0.25, 0.3) is 10.0 Å². The molecule has 4 aromatic carbocycles. The monoisotopic (exact) mass is 681 g/mol. The molecule has 0 bridgehead atoms. The molecule has 0 unspecified atom stereocenters. The lowest BCUT2D eigenvalue weighted by Gasteiger charge is -2.34. The van der Waals surface area contributed by atoms with E-state index in [2.05, 4.69) is 5.32 Å². The summed E-state index contributed by atoms with van der Waals surface area (Å²) in [6, 6.07) is 27.4. The minimum atomic E-state index is -4.25. The molecule has 0 aromatic heterocycles. The molecular formula is C35H37Cl2N3O5S. The Labute approximate surface area is 280 Å². The number of ether oxygens (including phenoxy) is 1. The fraction of sp³-hybridized carbons (Fsp3) is 0.257. The largest absolute Gasteiger partial charge is 0.497 e. The van der Waals surface area contributed by atoms with Crippen LogP contribution in [0.3, 0.4) is 0 Å². The van der Waals surface area contributed by atoms with Gasteiger partial charge in [-0.25, -0.2) is 8.42 Å². The highest BCUT2D eigenvalue weighted by atomic mass is 35.5. The minimum absolute atomic E-state index is 0.00154. The van der Waals surface area contributed by atoms with Crippen molar-refractivity contribution in [3.05, 3.63) is 124 Å². The van der Waals surface area contributed by atoms with Gasteiger partial charge in [-0.2, -0.15) is 0 Å². The molecule has 8 nitrogen and oxygen atoms in total. The summed E-state index contributed by atoms with van der Waals surface area (Å²) in [5, 5.41) is 3.63. The molecule has 0 saturated carbocycles. The van der Waals surface area contributed by atoms with Gasteiger partial charge >= 0.3 is 0 Å². The Bertz CT molecular complexity index is 1720. The molecule has 242 valence electrons. The van der Waals surface area contributed by atoms with Crippen molar-refractivity contribution in [2.24, 2.45) is 0 Å². The lowest BCUT2D eigenvalue weighted by Crippen LogP contribution is -2.54. The number of anilines is 1. The summed E-state index contributed by atoms with van der Waals surface area (Å²) in [4.78, 5) is 29.9. The summed E-state index contributed by atoms with van der Waals surface area (Å²) in [5.41, 5.74) is 1.47. The number of halogens is 2. The lowest BCUT2D eigenvalue weighted by atomic mass is 10.0. The summed E-state index contributed by atoms with van der Waals surface area (Å²) in [6.07, 6.45) is 0.842. The molecule has 46 heavy (non-hydrogen) atoms. The van der Waals surface area contributed by atoms with Crippen LogP contribution in [0.5, 0.6) is 5.75 Å². The van der Waals surface area contributed by atoms with Crippen molar-refractivity contribution in [3.8, 4) is 5.75 Å². The number of sulfonamides is 1. The third kappa shape index (κ3) is 8.60. The summed E-state index contributed by atoms with van der Waals surface area (Å²) in [7, 11) is -2.78. The molecule has 0 aliphatic rings. The van der Waals surface area contributed by atoms with Gasteiger partial charge < -0.3 is 15.0 Å². The second-order valence-electron chi connectivity index (χ2n) is 10.8. The van der Waals surface area contributed by atoms with E-state index in [1.54, 1.807) is 60.7 Å². The first-order chi connectivity index (χ1) is 22.0. The number of methoxy groups -OCH3 is 1. The Morgan fingerprint density at radius 1 is 0.870 bits per heavy atom. The van der Waals surface area contributed by atoms with E-state index in [4.69, 9.17) is 27.9 Å². The maximum absolute atomic E-state index is 14.6. The summed E-state index contributed by atoms with van der Waals surface area (Å²) < 4.78 is 34.7. The molecule has 0 radical (unpaired) electrons. The van der Waals surface area contributed by atoms with Crippen LogP contribution in [0, 0.1) is 0 Å². The van der Waals surface area contributed by atoms with Gasteiger partial charge in [-0.1, -0.05) is 90.8 Å². The Hall–Kier alpha value is -4.05. The molecule has 4 rings (SSSR count). The van der Waals surface area contributed by atoms with Gasteiger partial charge in [0, 0.05) is 40.7 Å². The Morgan fingerprint density at radius 2 is 1.48 bits per heavy atom. The smallest absolute Gasteiger partial charge is 0.264 e. The molecule has 0 saturated heterocycles. The van der Waals surface area contributed by atoms with E-state index in [-0.39, 0.29) is 35.5 Å². The van der Waals surface area contributed by atoms with Crippen LogP contribution in [0.1, 0.15) is 31.4 Å². The SMILES string of the molecule is CC[C@H](C)NC(=O)[C@H](Cc1ccccc1)N(Cc1c(Cl)cccc1Cl)C(=O)CN(c1cccc(OC)c1)S(=O)(=O)c1ccccc1. The predicted molar refractivity (Wildman–Crippen MR) is 183 cm³/mol. The molecule has 0 aliphatic heterocycles. The van der Waals surface area contributed by atoms with Crippen LogP contribution in [0.25, 0.3) is 0 Å². The topological polar surface area (TPSA) is 96.0 Å². The number of carbonyl (C=O) groups is 2. The average Bonchev–Trinajstić information content (AvgIpc) is 3.06. The van der Waals surface area contributed by atoms with Crippen molar-refractivity contribution in [2.75, 3.05) is 18.0 Å². The summed E-state index contributed by atoms with van der Waals surface area (Å²) in [6.45, 7) is 3.07. The van der Waals surface area contributed by atoms with Crippen LogP contribution in [0.4, 0.5) is 5.69 Å². The first-order valence-electron chi connectivity index (χ1n) is 14.8. The third-order valence-corrected chi connectivity index (χ3v) is 10.1. The number of hydrogen-bond donors (Lipinski definition) is 1. The van der Waals surface area contributed by atoms with Crippen molar-refractivity contribution in [3.63, 3.8) is 0 Å². The molecule has 1 N–H and O–H groups in total. The molecule has 0 spiro atoms. The van der Waals surface area contributed by atoms with Crippen molar-refractivity contribution in [2.45, 2.75) is 50.2 Å². The molecule has 4 aromatic rings. The molecule has 2 amide bonds. The first-order valence-corrected chi connectivity index (χ1v) is 17.0. The minimum Gasteiger partial charge on any atom is -0.497 e. The van der Waals surface area contributed by atoms with E-state index in [1.807, 2.05) is 44.2 Å². The predicted octanol–water partition coefficient (Wildman–Crippen LogP) is 6.75. The van der Waals surface area contributed by atoms with E-state index in [1.165, 1.54) is 24.1 Å². The molecule has 11 heteroatoms. The number of hydrogen-bond acceptors (Lipinski definition) is 5. The van der Waals surface area contributed by atoms with Gasteiger partial charge in [0.2, 0.25) is 11.8 Å². The molecule has 0 heterocycles. The van der Waals surface area contributed by atoms with Crippen molar-refractivity contribution >= 4 is 50.7 Å². The molecule has 0 fully saturated rings. The first kappa shape index (κ1) is 34.8. The zero-order valence-corrected chi connectivity index (χ0v) is 28.2. The number of benzene rings is 4. The van der Waals surface area contributed by atoms with Crippen LogP contribution in [0.2, 0.25) is 10.0 Å². The molecule has 0 aliphatic carbocycles. The van der Waals surface area contributed by atoms with Gasteiger partial charge in [0.05, 0.1) is 17.7 Å². The average molecular weight is 683 g/mol. The normalized spacial score (nSPS) is 12.5. The Morgan fingerprint density at radius 3 is 2.09 bits per heavy atom. The number of nitrogens with zero attached hydrogens (tertiary/aromatic N) is 2. The summed E-state index contributed by atoms with van der Waals surface area (Å²) in [5.74, 6) is -0.597.